The second-order valence-corrected chi connectivity index (χ2v) is 3.25. The van der Waals surface area contributed by atoms with Crippen LogP contribution in [0.5, 0.6) is 5.75 Å². The van der Waals surface area contributed by atoms with Gasteiger partial charge in [-0.05, 0) is 23.8 Å². The van der Waals surface area contributed by atoms with Gasteiger partial charge in [-0.2, -0.15) is 0 Å². The normalized spacial score (nSPS) is 10.3. The summed E-state index contributed by atoms with van der Waals surface area (Å²) in [6.45, 7) is -0.569. The van der Waals surface area contributed by atoms with Crippen LogP contribution in [0.25, 0.3) is 6.08 Å². The number of aldehydes is 1. The topological polar surface area (TPSA) is 66.4 Å². The Morgan fingerprint density at radius 3 is 2.88 bits per heavy atom. The van der Waals surface area contributed by atoms with Crippen LogP contribution >= 0.6 is 11.6 Å². The van der Waals surface area contributed by atoms with Gasteiger partial charge in [-0.15, -0.1) is 0 Å². The van der Waals surface area contributed by atoms with E-state index in [0.29, 0.717) is 16.9 Å². The molecule has 0 aliphatic carbocycles. The fraction of sp³-hybridized carbons (Fsp3) is 0.0909. The first-order chi connectivity index (χ1) is 7.63. The molecule has 0 saturated heterocycles. The zero-order valence-corrected chi connectivity index (χ0v) is 8.94. The molecule has 1 rings (SSSR count). The summed E-state index contributed by atoms with van der Waals surface area (Å²) in [4.78, 5) is 20.3. The Labute approximate surface area is 97.1 Å². The first kappa shape index (κ1) is 12.3. The highest BCUT2D eigenvalue weighted by atomic mass is 35.5. The number of aliphatic carboxylic acids is 1. The van der Waals surface area contributed by atoms with Crippen molar-refractivity contribution in [1.29, 1.82) is 0 Å². The van der Waals surface area contributed by atoms with Crippen LogP contribution in [0.15, 0.2) is 24.3 Å². The number of carboxylic acid groups (broad SMARTS) is 1. The van der Waals surface area contributed by atoms with E-state index in [1.807, 2.05) is 0 Å². The van der Waals surface area contributed by atoms with Crippen molar-refractivity contribution in [3.05, 3.63) is 34.9 Å². The van der Waals surface area contributed by atoms with E-state index in [1.54, 1.807) is 18.2 Å². The highest BCUT2D eigenvalue weighted by Gasteiger charge is 2.02. The smallest absolute Gasteiger partial charge is 0.142 e. The molecular weight excluding hydrogens is 232 g/mol. The van der Waals surface area contributed by atoms with Crippen LogP contribution in [-0.2, 0) is 9.59 Å². The number of ether oxygens (including phenoxy) is 1. The molecule has 0 saturated carbocycles. The van der Waals surface area contributed by atoms with Crippen LogP contribution in [-0.4, -0.2) is 18.9 Å². The zero-order chi connectivity index (χ0) is 12.0. The van der Waals surface area contributed by atoms with Crippen LogP contribution in [0.1, 0.15) is 5.56 Å². The van der Waals surface area contributed by atoms with E-state index in [2.05, 4.69) is 0 Å². The van der Waals surface area contributed by atoms with Crippen molar-refractivity contribution >= 4 is 29.9 Å². The molecule has 0 bridgehead atoms. The summed E-state index contributed by atoms with van der Waals surface area (Å²) < 4.78 is 4.90. The molecule has 0 aliphatic rings. The number of carbonyl (C=O) groups is 2. The van der Waals surface area contributed by atoms with Crippen molar-refractivity contribution in [2.45, 2.75) is 0 Å². The van der Waals surface area contributed by atoms with Crippen molar-refractivity contribution in [2.75, 3.05) is 6.61 Å². The Balaban J connectivity index is 2.85. The quantitative estimate of drug-likeness (QED) is 0.560. The van der Waals surface area contributed by atoms with Gasteiger partial charge in [0.1, 0.15) is 18.6 Å². The molecule has 0 radical (unpaired) electrons. The molecule has 0 aromatic heterocycles. The lowest BCUT2D eigenvalue weighted by molar-refractivity contribution is -0.307. The number of carboxylic acids is 1. The fourth-order valence-electron chi connectivity index (χ4n) is 1.02. The Hall–Kier alpha value is -1.81. The molecule has 84 valence electrons. The van der Waals surface area contributed by atoms with E-state index in [0.717, 1.165) is 0 Å². The Bertz CT molecular complexity index is 426. The average molecular weight is 240 g/mol. The highest BCUT2D eigenvalue weighted by Crippen LogP contribution is 2.25. The summed E-state index contributed by atoms with van der Waals surface area (Å²) in [5, 5.41) is 10.5. The standard InChI is InChI=1S/C11H9ClO4/c12-9-4-3-8(2-1-5-13)6-10(9)16-7-11(14)15/h1-6H,7H2,(H,14,15)/p-1/b2-1+. The lowest BCUT2D eigenvalue weighted by Crippen LogP contribution is -2.29. The zero-order valence-electron chi connectivity index (χ0n) is 8.18. The van der Waals surface area contributed by atoms with Gasteiger partial charge in [0.05, 0.1) is 11.0 Å². The lowest BCUT2D eigenvalue weighted by atomic mass is 10.2. The van der Waals surface area contributed by atoms with Crippen LogP contribution in [0.4, 0.5) is 0 Å². The lowest BCUT2D eigenvalue weighted by Gasteiger charge is -2.08. The minimum Gasteiger partial charge on any atom is -0.546 e. The number of rotatable bonds is 5. The average Bonchev–Trinajstić information content (AvgIpc) is 2.26. The molecule has 16 heavy (non-hydrogen) atoms. The van der Waals surface area contributed by atoms with E-state index in [4.69, 9.17) is 16.3 Å². The maximum Gasteiger partial charge on any atom is 0.142 e. The minimum atomic E-state index is -1.33. The molecule has 1 aromatic rings. The predicted molar refractivity (Wildman–Crippen MR) is 57.1 cm³/mol. The van der Waals surface area contributed by atoms with E-state index < -0.39 is 12.6 Å². The van der Waals surface area contributed by atoms with Gasteiger partial charge in [0.15, 0.2) is 0 Å². The van der Waals surface area contributed by atoms with Crippen LogP contribution in [0.2, 0.25) is 5.02 Å². The molecule has 5 heteroatoms. The number of benzene rings is 1. The van der Waals surface area contributed by atoms with E-state index in [-0.39, 0.29) is 5.75 Å². The first-order valence-corrected chi connectivity index (χ1v) is 4.75. The van der Waals surface area contributed by atoms with Gasteiger partial charge in [-0.25, -0.2) is 0 Å². The number of hydrogen-bond acceptors (Lipinski definition) is 4. The molecule has 0 spiro atoms. The fourth-order valence-corrected chi connectivity index (χ4v) is 1.19. The molecular formula is C11H8ClO4-. The van der Waals surface area contributed by atoms with E-state index in [9.17, 15) is 14.7 Å². The Morgan fingerprint density at radius 1 is 1.50 bits per heavy atom. The minimum absolute atomic E-state index is 0.235. The predicted octanol–water partition coefficient (Wildman–Crippen LogP) is 0.681. The number of halogens is 1. The first-order valence-electron chi connectivity index (χ1n) is 4.37. The van der Waals surface area contributed by atoms with Gasteiger partial charge in [0.25, 0.3) is 0 Å². The molecule has 0 heterocycles. The van der Waals surface area contributed by atoms with Crippen LogP contribution < -0.4 is 9.84 Å². The third-order valence-corrected chi connectivity index (χ3v) is 1.98. The summed E-state index contributed by atoms with van der Waals surface area (Å²) >= 11 is 5.78. The summed E-state index contributed by atoms with van der Waals surface area (Å²) in [5.74, 6) is -1.09. The largest absolute Gasteiger partial charge is 0.546 e. The van der Waals surface area contributed by atoms with E-state index in [1.165, 1.54) is 12.1 Å². The second kappa shape index (κ2) is 5.92. The van der Waals surface area contributed by atoms with Crippen molar-refractivity contribution < 1.29 is 19.4 Å². The molecule has 0 N–H and O–H groups in total. The summed E-state index contributed by atoms with van der Waals surface area (Å²) in [6, 6.07) is 4.76. The molecule has 0 fully saturated rings. The molecule has 0 amide bonds. The van der Waals surface area contributed by atoms with Crippen molar-refractivity contribution in [3.63, 3.8) is 0 Å². The van der Waals surface area contributed by atoms with Crippen LogP contribution in [0, 0.1) is 0 Å². The third-order valence-electron chi connectivity index (χ3n) is 1.67. The van der Waals surface area contributed by atoms with Gasteiger partial charge in [-0.3, -0.25) is 4.79 Å². The van der Waals surface area contributed by atoms with Crippen molar-refractivity contribution in [3.8, 4) is 5.75 Å². The van der Waals surface area contributed by atoms with Gasteiger partial charge >= 0.3 is 0 Å². The monoisotopic (exact) mass is 239 g/mol. The van der Waals surface area contributed by atoms with Gasteiger partial charge in [0.2, 0.25) is 0 Å². The van der Waals surface area contributed by atoms with Crippen molar-refractivity contribution in [2.24, 2.45) is 0 Å². The summed E-state index contributed by atoms with van der Waals surface area (Å²) in [7, 11) is 0. The molecule has 0 unspecified atom stereocenters. The Morgan fingerprint density at radius 2 is 2.25 bits per heavy atom. The van der Waals surface area contributed by atoms with Gasteiger partial charge in [-0.1, -0.05) is 23.7 Å². The van der Waals surface area contributed by atoms with E-state index >= 15 is 0 Å². The SMILES string of the molecule is O=C/C=C/c1ccc(Cl)c(OCC(=O)[O-])c1. The maximum atomic E-state index is 10.2. The number of allylic oxidation sites excluding steroid dienone is 1. The van der Waals surface area contributed by atoms with Gasteiger partial charge in [0, 0.05) is 0 Å². The highest BCUT2D eigenvalue weighted by molar-refractivity contribution is 6.32. The third kappa shape index (κ3) is 3.74. The Kier molecular flexibility index (Phi) is 4.54. The molecule has 0 aliphatic heterocycles. The molecule has 1 aromatic carbocycles. The molecule has 4 nitrogen and oxygen atoms in total. The summed E-state index contributed by atoms with van der Waals surface area (Å²) in [6.07, 6.45) is 3.50. The van der Waals surface area contributed by atoms with Crippen molar-refractivity contribution in [1.82, 2.24) is 0 Å². The second-order valence-electron chi connectivity index (χ2n) is 2.85. The number of carbonyl (C=O) groups excluding carboxylic acids is 2. The summed E-state index contributed by atoms with van der Waals surface area (Å²) in [5.41, 5.74) is 0.685. The maximum absolute atomic E-state index is 10.2. The number of hydrogen-bond donors (Lipinski definition) is 0. The molecule has 0 atom stereocenters. The van der Waals surface area contributed by atoms with Crippen LogP contribution in [0.3, 0.4) is 0 Å². The van der Waals surface area contributed by atoms with Gasteiger partial charge < -0.3 is 14.6 Å².